The molecule has 0 aromatic heterocycles. The molecule has 0 spiro atoms. The third-order valence-corrected chi connectivity index (χ3v) is 3.34. The Kier molecular flexibility index (Phi) is 29.7. The van der Waals surface area contributed by atoms with E-state index in [4.69, 9.17) is 40.9 Å². The predicted molar refractivity (Wildman–Crippen MR) is 85.7 cm³/mol. The van der Waals surface area contributed by atoms with Gasteiger partial charge >= 0.3 is 18.6 Å². The van der Waals surface area contributed by atoms with Crippen LogP contribution in [0.1, 0.15) is 0 Å². The van der Waals surface area contributed by atoms with E-state index in [1.54, 1.807) is 0 Å². The fourth-order valence-corrected chi connectivity index (χ4v) is 2.32. The number of primary amides is 3. The average Bonchev–Trinajstić information content (AvgIpc) is 2.60. The van der Waals surface area contributed by atoms with Crippen LogP contribution >= 0.6 is 0 Å². The SMILES string of the molecule is CO.NC(=O)CN1CCN(CC(N)=O)CCN(CC(N)=O)CC1.[Br-].[O-2].[O-][Cl+3]([O-])([O-])[O-].[V+4]. The largest absolute Gasteiger partial charge is 4.00 e. The van der Waals surface area contributed by atoms with Crippen LogP contribution < -0.4 is 52.8 Å². The van der Waals surface area contributed by atoms with Gasteiger partial charge in [-0.3, -0.25) is 29.1 Å². The van der Waals surface area contributed by atoms with E-state index in [-0.39, 0.29) is 60.6 Å². The number of amides is 3. The van der Waals surface area contributed by atoms with Crippen molar-refractivity contribution in [3.05, 3.63) is 0 Å². The van der Waals surface area contributed by atoms with Gasteiger partial charge in [0.15, 0.2) is 0 Å². The first-order chi connectivity index (χ1) is 12.9. The first-order valence-corrected chi connectivity index (χ1v) is 9.18. The van der Waals surface area contributed by atoms with Crippen molar-refractivity contribution in [2.45, 2.75) is 0 Å². The Labute approximate surface area is 204 Å². The molecule has 1 aliphatic rings. The van der Waals surface area contributed by atoms with E-state index in [0.29, 0.717) is 39.3 Å². The fourth-order valence-electron chi connectivity index (χ4n) is 2.32. The summed E-state index contributed by atoms with van der Waals surface area (Å²) in [5.74, 6) is -1.22. The monoisotopic (exact) mass is 577 g/mol. The van der Waals surface area contributed by atoms with Crippen molar-refractivity contribution in [3.8, 4) is 0 Å². The number of nitrogens with zero attached hydrogens (tertiary/aromatic N) is 3. The molecule has 1 aliphatic heterocycles. The van der Waals surface area contributed by atoms with E-state index >= 15 is 0 Å². The molecule has 0 aliphatic carbocycles. The van der Waals surface area contributed by atoms with E-state index in [9.17, 15) is 14.4 Å². The van der Waals surface area contributed by atoms with E-state index in [1.807, 2.05) is 14.7 Å². The molecule has 0 aromatic carbocycles. The molecule has 183 valence electrons. The van der Waals surface area contributed by atoms with Crippen LogP contribution in [0.2, 0.25) is 0 Å². The van der Waals surface area contributed by atoms with Crippen molar-refractivity contribution in [2.24, 2.45) is 17.2 Å². The third-order valence-electron chi connectivity index (χ3n) is 3.34. The summed E-state index contributed by atoms with van der Waals surface area (Å²) >= 11 is 0. The molecule has 15 nitrogen and oxygen atoms in total. The number of aliphatic hydroxyl groups excluding tert-OH is 1. The van der Waals surface area contributed by atoms with E-state index in [0.717, 1.165) is 7.11 Å². The predicted octanol–water partition coefficient (Wildman–Crippen LogP) is -11.9. The summed E-state index contributed by atoms with van der Waals surface area (Å²) in [5.41, 5.74) is 15.7. The van der Waals surface area contributed by atoms with Crippen molar-refractivity contribution in [2.75, 3.05) is 66.0 Å². The van der Waals surface area contributed by atoms with E-state index < -0.39 is 28.0 Å². The molecule has 7 N–H and O–H groups in total. The second kappa shape index (κ2) is 22.6. The molecule has 18 heteroatoms. The van der Waals surface area contributed by atoms with Gasteiger partial charge in [-0.25, -0.2) is 18.6 Å². The molecule has 1 rings (SSSR count). The average molecular weight is 579 g/mol. The fraction of sp³-hybridized carbons (Fsp3) is 0.769. The molecule has 3 amide bonds. The molecular formula is C13H28BrClN6O9V. The van der Waals surface area contributed by atoms with Crippen molar-refractivity contribution >= 4 is 17.7 Å². The van der Waals surface area contributed by atoms with Gasteiger partial charge in [0, 0.05) is 46.4 Å². The zero-order valence-electron chi connectivity index (χ0n) is 16.9. The van der Waals surface area contributed by atoms with Gasteiger partial charge in [-0.1, -0.05) is 0 Å². The number of halogens is 2. The Balaban J connectivity index is -0.000000198. The molecular weight excluding hydrogens is 550 g/mol. The Morgan fingerprint density at radius 3 is 0.935 bits per heavy atom. The van der Waals surface area contributed by atoms with Crippen LogP contribution in [0, 0.1) is 10.2 Å². The summed E-state index contributed by atoms with van der Waals surface area (Å²) in [6.45, 7) is 4.11. The van der Waals surface area contributed by atoms with Gasteiger partial charge in [-0.15, -0.1) is 10.2 Å². The number of nitrogens with two attached hydrogens (primary N) is 3. The smallest absolute Gasteiger partial charge is 2.00 e. The molecule has 1 heterocycles. The first-order valence-electron chi connectivity index (χ1n) is 7.95. The maximum Gasteiger partial charge on any atom is 4.00 e. The minimum absolute atomic E-state index is 0. The van der Waals surface area contributed by atoms with Crippen molar-refractivity contribution in [1.29, 1.82) is 0 Å². The van der Waals surface area contributed by atoms with E-state index in [2.05, 4.69) is 0 Å². The van der Waals surface area contributed by atoms with Gasteiger partial charge < -0.3 is 44.8 Å². The van der Waals surface area contributed by atoms with Gasteiger partial charge in [-0.05, 0) is 0 Å². The maximum absolute atomic E-state index is 11.1. The molecule has 0 bridgehead atoms. The van der Waals surface area contributed by atoms with Crippen molar-refractivity contribution in [1.82, 2.24) is 14.7 Å². The van der Waals surface area contributed by atoms with Gasteiger partial charge in [0.1, 0.15) is 0 Å². The van der Waals surface area contributed by atoms with Crippen LogP contribution in [0.5, 0.6) is 0 Å². The van der Waals surface area contributed by atoms with Gasteiger partial charge in [0.25, 0.3) is 0 Å². The van der Waals surface area contributed by atoms with Crippen LogP contribution in [0.25, 0.3) is 0 Å². The summed E-state index contributed by atoms with van der Waals surface area (Å²) in [4.78, 5) is 38.9. The topological polar surface area (TPSA) is 280 Å². The normalized spacial score (nSPS) is 15.3. The molecule has 1 saturated heterocycles. The summed E-state index contributed by atoms with van der Waals surface area (Å²) in [7, 11) is -3.94. The Bertz CT molecular complexity index is 418. The molecule has 0 unspecified atom stereocenters. The zero-order chi connectivity index (χ0) is 22.3. The Morgan fingerprint density at radius 2 is 0.839 bits per heavy atom. The summed E-state index contributed by atoms with van der Waals surface area (Å²) in [5, 5.41) is 7.00. The molecule has 0 atom stereocenters. The molecule has 0 saturated carbocycles. The van der Waals surface area contributed by atoms with Crippen LogP contribution in [0.3, 0.4) is 0 Å². The third kappa shape index (κ3) is 31.7. The molecule has 31 heavy (non-hydrogen) atoms. The van der Waals surface area contributed by atoms with Crippen LogP contribution in [-0.2, 0) is 38.4 Å². The van der Waals surface area contributed by atoms with Crippen LogP contribution in [0.15, 0.2) is 0 Å². The summed E-state index contributed by atoms with van der Waals surface area (Å²) in [6, 6.07) is 0. The van der Waals surface area contributed by atoms with Crippen molar-refractivity contribution < 1.29 is 89.4 Å². The van der Waals surface area contributed by atoms with Crippen LogP contribution in [-0.4, -0.2) is 104 Å². The van der Waals surface area contributed by atoms with Gasteiger partial charge in [-0.2, -0.15) is 0 Å². The van der Waals surface area contributed by atoms with Gasteiger partial charge in [0.05, 0.1) is 19.6 Å². The first kappa shape index (κ1) is 40.7. The molecule has 0 aromatic rings. The number of carbonyl (C=O) groups is 3. The Morgan fingerprint density at radius 1 is 0.710 bits per heavy atom. The minimum Gasteiger partial charge on any atom is -2.00 e. The van der Waals surface area contributed by atoms with Gasteiger partial charge in [0.2, 0.25) is 17.7 Å². The summed E-state index contributed by atoms with van der Waals surface area (Å²) in [6.07, 6.45) is 0. The maximum atomic E-state index is 11.1. The second-order valence-electron chi connectivity index (χ2n) is 5.61. The number of carbonyl (C=O) groups excluding carboxylic acids is 3. The van der Waals surface area contributed by atoms with Crippen LogP contribution in [0.4, 0.5) is 0 Å². The number of aliphatic hydroxyl groups is 1. The zero-order valence-corrected chi connectivity index (χ0v) is 20.6. The standard InChI is InChI=1S/C12H24N6O3.CH4O.BrH.ClHO4.O.V/c13-10(19)7-16-1-2-17(8-11(14)20)5-6-18(4-3-16)9-12(15)21;1-2;;2-1(3,4)5;;/h1-9H2,(H2,13,19)(H2,14,20)(H2,15,21);2H,1H3;1H;(H,2,3,4,5);;/q;;;;-2;+4/p-2. The minimum atomic E-state index is -4.94. The molecule has 1 radical (unpaired) electrons. The van der Waals surface area contributed by atoms with Crippen molar-refractivity contribution in [3.63, 3.8) is 0 Å². The number of rotatable bonds is 6. The summed E-state index contributed by atoms with van der Waals surface area (Å²) < 4.78 is 34.0. The molecule has 1 fully saturated rings. The second-order valence-corrected chi connectivity index (χ2v) is 6.36. The Hall–Kier alpha value is -0.596. The van der Waals surface area contributed by atoms with E-state index in [1.165, 1.54) is 0 Å². The quantitative estimate of drug-likeness (QED) is 0.229. The number of hydrogen-bond acceptors (Lipinski definition) is 11. The number of hydrogen-bond donors (Lipinski definition) is 4.